The number of rotatable bonds is 4. The second-order valence-corrected chi connectivity index (χ2v) is 6.88. The van der Waals surface area contributed by atoms with E-state index in [0.717, 1.165) is 5.56 Å². The fraction of sp³-hybridized carbons (Fsp3) is 0.647. The fourth-order valence-corrected chi connectivity index (χ4v) is 3.57. The first-order chi connectivity index (χ1) is 10.5. The number of aromatic nitrogens is 1. The highest BCUT2D eigenvalue weighted by Gasteiger charge is 2.13. The molecule has 22 heavy (non-hydrogen) atoms. The maximum atomic E-state index is 5.31. The molecule has 0 spiro atoms. The van der Waals surface area contributed by atoms with Gasteiger partial charge in [-0.05, 0) is 58.8 Å². The predicted octanol–water partition coefficient (Wildman–Crippen LogP) is 3.82. The van der Waals surface area contributed by atoms with Gasteiger partial charge in [-0.2, -0.15) is 5.10 Å². The molecule has 0 radical (unpaired) electrons. The van der Waals surface area contributed by atoms with E-state index in [-0.39, 0.29) is 0 Å². The van der Waals surface area contributed by atoms with Crippen molar-refractivity contribution in [3.05, 3.63) is 23.0 Å². The highest BCUT2D eigenvalue weighted by molar-refractivity contribution is 7.80. The van der Waals surface area contributed by atoms with Gasteiger partial charge in [0.05, 0.1) is 6.21 Å². The Kier molecular flexibility index (Phi) is 6.00. The van der Waals surface area contributed by atoms with Gasteiger partial charge in [0.1, 0.15) is 0 Å². The largest absolute Gasteiger partial charge is 0.359 e. The standard InChI is InChI=1S/C17H28N4S/c1-12(2)21-13(3)10-15(14(21)4)11-18-20-17(22)19-16-8-6-5-7-9-16/h10-12,16H,5-9H2,1-4H3,(H2,19,20,22)/b18-11-. The molecule has 1 aliphatic rings. The topological polar surface area (TPSA) is 41.4 Å². The lowest BCUT2D eigenvalue weighted by Crippen LogP contribution is -2.40. The molecule has 2 N–H and O–H groups in total. The molecule has 1 aliphatic carbocycles. The molecule has 0 amide bonds. The Bertz CT molecular complexity index is 539. The van der Waals surface area contributed by atoms with Crippen molar-refractivity contribution >= 4 is 23.5 Å². The maximum absolute atomic E-state index is 5.31. The van der Waals surface area contributed by atoms with Crippen molar-refractivity contribution in [3.8, 4) is 0 Å². The minimum atomic E-state index is 0.462. The van der Waals surface area contributed by atoms with Crippen molar-refractivity contribution in [1.82, 2.24) is 15.3 Å². The van der Waals surface area contributed by atoms with Crippen molar-refractivity contribution in [1.29, 1.82) is 0 Å². The van der Waals surface area contributed by atoms with E-state index in [1.807, 2.05) is 6.21 Å². The molecule has 4 nitrogen and oxygen atoms in total. The first kappa shape index (κ1) is 17.0. The zero-order chi connectivity index (χ0) is 16.1. The van der Waals surface area contributed by atoms with E-state index in [0.29, 0.717) is 17.2 Å². The van der Waals surface area contributed by atoms with Crippen molar-refractivity contribution in [2.45, 2.75) is 71.9 Å². The third-order valence-electron chi connectivity index (χ3n) is 4.35. The molecule has 0 aliphatic heterocycles. The summed E-state index contributed by atoms with van der Waals surface area (Å²) in [5, 5.41) is 8.27. The summed E-state index contributed by atoms with van der Waals surface area (Å²) in [6.07, 6.45) is 8.22. The van der Waals surface area contributed by atoms with Crippen LogP contribution < -0.4 is 10.7 Å². The number of aryl methyl sites for hydroxylation is 1. The zero-order valence-corrected chi connectivity index (χ0v) is 15.0. The summed E-state index contributed by atoms with van der Waals surface area (Å²) in [7, 11) is 0. The highest BCUT2D eigenvalue weighted by atomic mass is 32.1. The molecule has 122 valence electrons. The van der Waals surface area contributed by atoms with Crippen LogP contribution in [-0.2, 0) is 0 Å². The van der Waals surface area contributed by atoms with Gasteiger partial charge in [0.2, 0.25) is 0 Å². The summed E-state index contributed by atoms with van der Waals surface area (Å²) in [6, 6.07) is 3.14. The van der Waals surface area contributed by atoms with Crippen molar-refractivity contribution in [2.75, 3.05) is 0 Å². The minimum Gasteiger partial charge on any atom is -0.359 e. The summed E-state index contributed by atoms with van der Waals surface area (Å²) in [4.78, 5) is 0. The number of hydrogen-bond acceptors (Lipinski definition) is 2. The Balaban J connectivity index is 1.89. The molecule has 0 bridgehead atoms. The molecule has 1 heterocycles. The number of nitrogens with zero attached hydrogens (tertiary/aromatic N) is 2. The Morgan fingerprint density at radius 2 is 2.00 bits per heavy atom. The molecule has 2 rings (SSSR count). The SMILES string of the molecule is Cc1cc(/C=N\NC(=S)NC2CCCCC2)c(C)n1C(C)C. The van der Waals surface area contributed by atoms with Gasteiger partial charge in [0.15, 0.2) is 5.11 Å². The third kappa shape index (κ3) is 4.32. The molecule has 0 saturated heterocycles. The van der Waals surface area contributed by atoms with E-state index in [1.165, 1.54) is 43.5 Å². The number of hydrazone groups is 1. The van der Waals surface area contributed by atoms with Crippen LogP contribution in [0.5, 0.6) is 0 Å². The van der Waals surface area contributed by atoms with E-state index in [4.69, 9.17) is 12.2 Å². The number of hydrogen-bond donors (Lipinski definition) is 2. The quantitative estimate of drug-likeness (QED) is 0.503. The van der Waals surface area contributed by atoms with Crippen LogP contribution in [0.3, 0.4) is 0 Å². The van der Waals surface area contributed by atoms with Gasteiger partial charge in [-0.3, -0.25) is 5.43 Å². The molecule has 0 atom stereocenters. The average molecular weight is 321 g/mol. The highest BCUT2D eigenvalue weighted by Crippen LogP contribution is 2.19. The number of thiocarbonyl (C=S) groups is 1. The van der Waals surface area contributed by atoms with Crippen molar-refractivity contribution in [2.24, 2.45) is 5.10 Å². The Labute approximate surface area is 139 Å². The summed E-state index contributed by atoms with van der Waals surface area (Å²) >= 11 is 5.31. The average Bonchev–Trinajstić information content (AvgIpc) is 2.74. The summed E-state index contributed by atoms with van der Waals surface area (Å²) in [6.45, 7) is 8.66. The van der Waals surface area contributed by atoms with Gasteiger partial charge in [-0.25, -0.2) is 0 Å². The lowest BCUT2D eigenvalue weighted by atomic mass is 9.96. The van der Waals surface area contributed by atoms with Gasteiger partial charge < -0.3 is 9.88 Å². The predicted molar refractivity (Wildman–Crippen MR) is 97.6 cm³/mol. The smallest absolute Gasteiger partial charge is 0.187 e. The van der Waals surface area contributed by atoms with Crippen LogP contribution in [0.4, 0.5) is 0 Å². The minimum absolute atomic E-state index is 0.462. The van der Waals surface area contributed by atoms with Crippen LogP contribution in [0.2, 0.25) is 0 Å². The van der Waals surface area contributed by atoms with E-state index >= 15 is 0 Å². The summed E-state index contributed by atoms with van der Waals surface area (Å²) < 4.78 is 2.32. The van der Waals surface area contributed by atoms with Crippen LogP contribution in [0.25, 0.3) is 0 Å². The van der Waals surface area contributed by atoms with Gasteiger partial charge in [0, 0.05) is 29.0 Å². The molecule has 1 aromatic heterocycles. The van der Waals surface area contributed by atoms with Crippen molar-refractivity contribution in [3.63, 3.8) is 0 Å². The molecule has 5 heteroatoms. The van der Waals surface area contributed by atoms with E-state index in [1.54, 1.807) is 0 Å². The molecule has 1 fully saturated rings. The monoisotopic (exact) mass is 320 g/mol. The lowest BCUT2D eigenvalue weighted by Gasteiger charge is -2.23. The van der Waals surface area contributed by atoms with Gasteiger partial charge in [-0.1, -0.05) is 19.3 Å². The van der Waals surface area contributed by atoms with Gasteiger partial charge in [0.25, 0.3) is 0 Å². The summed E-state index contributed by atoms with van der Waals surface area (Å²) in [5.74, 6) is 0. The maximum Gasteiger partial charge on any atom is 0.187 e. The first-order valence-electron chi connectivity index (χ1n) is 8.27. The molecule has 0 unspecified atom stereocenters. The van der Waals surface area contributed by atoms with Gasteiger partial charge >= 0.3 is 0 Å². The summed E-state index contributed by atoms with van der Waals surface area (Å²) in [5.41, 5.74) is 6.58. The third-order valence-corrected chi connectivity index (χ3v) is 4.56. The fourth-order valence-electron chi connectivity index (χ4n) is 3.35. The van der Waals surface area contributed by atoms with E-state index < -0.39 is 0 Å². The van der Waals surface area contributed by atoms with Crippen LogP contribution in [0.15, 0.2) is 11.2 Å². The van der Waals surface area contributed by atoms with E-state index in [9.17, 15) is 0 Å². The van der Waals surface area contributed by atoms with Crippen LogP contribution in [0.1, 0.15) is 68.9 Å². The van der Waals surface area contributed by atoms with Crippen LogP contribution in [-0.4, -0.2) is 21.9 Å². The Morgan fingerprint density at radius 1 is 1.32 bits per heavy atom. The second kappa shape index (κ2) is 7.77. The Morgan fingerprint density at radius 3 is 2.59 bits per heavy atom. The molecule has 0 aromatic carbocycles. The lowest BCUT2D eigenvalue weighted by molar-refractivity contribution is 0.412. The number of nitrogens with one attached hydrogen (secondary N) is 2. The zero-order valence-electron chi connectivity index (χ0n) is 14.1. The molecular formula is C17H28N4S. The second-order valence-electron chi connectivity index (χ2n) is 6.47. The van der Waals surface area contributed by atoms with Crippen LogP contribution >= 0.6 is 12.2 Å². The molecular weight excluding hydrogens is 292 g/mol. The van der Waals surface area contributed by atoms with Gasteiger partial charge in [-0.15, -0.1) is 0 Å². The normalized spacial score (nSPS) is 16.4. The first-order valence-corrected chi connectivity index (χ1v) is 8.68. The van der Waals surface area contributed by atoms with Crippen LogP contribution in [0, 0.1) is 13.8 Å². The Hall–Kier alpha value is -1.36. The molecule has 1 saturated carbocycles. The van der Waals surface area contributed by atoms with Crippen molar-refractivity contribution < 1.29 is 0 Å². The molecule has 1 aromatic rings. The van der Waals surface area contributed by atoms with E-state index in [2.05, 4.69) is 54.2 Å².